The van der Waals surface area contributed by atoms with Crippen molar-refractivity contribution in [3.63, 3.8) is 0 Å². The largest absolute Gasteiger partial charge is 0.460 e. The zero-order valence-corrected chi connectivity index (χ0v) is 18.4. The highest BCUT2D eigenvalue weighted by atomic mass is 19.4. The van der Waals surface area contributed by atoms with Gasteiger partial charge in [0, 0.05) is 16.8 Å². The van der Waals surface area contributed by atoms with Crippen LogP contribution in [0.1, 0.15) is 23.6 Å². The molecule has 0 radical (unpaired) electrons. The molecule has 4 rings (SSSR count). The average Bonchev–Trinajstić information content (AvgIpc) is 3.16. The van der Waals surface area contributed by atoms with Crippen LogP contribution in [0.3, 0.4) is 0 Å². The molecule has 3 aromatic rings. The van der Waals surface area contributed by atoms with Crippen LogP contribution in [0.5, 0.6) is 0 Å². The number of alkyl halides is 7. The lowest BCUT2D eigenvalue weighted by atomic mass is 10.1. The van der Waals surface area contributed by atoms with Crippen LogP contribution in [0, 0.1) is 0 Å². The summed E-state index contributed by atoms with van der Waals surface area (Å²) in [6, 6.07) is 20.1. The van der Waals surface area contributed by atoms with E-state index < -0.39 is 29.6 Å². The highest BCUT2D eigenvalue weighted by molar-refractivity contribution is 6.24. The first-order valence-electron chi connectivity index (χ1n) is 10.4. The summed E-state index contributed by atoms with van der Waals surface area (Å²) in [5, 5.41) is 10.0. The molecule has 186 valence electrons. The van der Waals surface area contributed by atoms with E-state index >= 15 is 0 Å². The van der Waals surface area contributed by atoms with Crippen LogP contribution in [0.15, 0.2) is 83.0 Å². The summed E-state index contributed by atoms with van der Waals surface area (Å²) in [5.74, 6) is -15.3. The number of anilines is 1. The molecule has 0 saturated carbocycles. The molecule has 0 unspecified atom stereocenters. The Balaban J connectivity index is 1.54. The predicted octanol–water partition coefficient (Wildman–Crippen LogP) is 6.70. The topological polar surface area (TPSA) is 53.8 Å². The van der Waals surface area contributed by atoms with Crippen LogP contribution < -0.4 is 5.32 Å². The SMILES string of the molecule is C/C(=N/N=C1c2ccccc2-c2ccccc21)c1ccc(NC(=O)C(F)(F)C(F)(F)C(F)(F)F)cc1. The fourth-order valence-electron chi connectivity index (χ4n) is 3.61. The standard InChI is InChI=1S/C25H16F7N3O/c1-14(34-35-21-19-8-4-2-6-17(19)18-7-3-5-9-20(18)21)15-10-12-16(13-11-15)33-22(36)23(26,27)24(28,29)25(30,31)32/h2-13H,1H3,(H,33,36)/b34-14-. The van der Waals surface area contributed by atoms with E-state index in [-0.39, 0.29) is 0 Å². The number of carbonyl (C=O) groups excluding carboxylic acids is 1. The number of carbonyl (C=O) groups is 1. The van der Waals surface area contributed by atoms with Gasteiger partial charge in [0.25, 0.3) is 0 Å². The second-order valence-corrected chi connectivity index (χ2v) is 7.90. The Labute approximate surface area is 200 Å². The first kappa shape index (κ1) is 25.1. The van der Waals surface area contributed by atoms with Crippen LogP contribution in [0.4, 0.5) is 36.4 Å². The number of halogens is 7. The Morgan fingerprint density at radius 2 is 1.19 bits per heavy atom. The van der Waals surface area contributed by atoms with Crippen molar-refractivity contribution in [1.82, 2.24) is 0 Å². The molecule has 4 nitrogen and oxygen atoms in total. The van der Waals surface area contributed by atoms with E-state index in [2.05, 4.69) is 10.2 Å². The maximum Gasteiger partial charge on any atom is 0.460 e. The van der Waals surface area contributed by atoms with Gasteiger partial charge >= 0.3 is 23.9 Å². The van der Waals surface area contributed by atoms with Gasteiger partial charge in [-0.1, -0.05) is 60.7 Å². The minimum atomic E-state index is -6.60. The number of nitrogens with zero attached hydrogens (tertiary/aromatic N) is 2. The van der Waals surface area contributed by atoms with Crippen molar-refractivity contribution in [1.29, 1.82) is 0 Å². The molecule has 0 heterocycles. The lowest BCUT2D eigenvalue weighted by Gasteiger charge is -2.27. The van der Waals surface area contributed by atoms with Gasteiger partial charge in [-0.2, -0.15) is 35.8 Å². The summed E-state index contributed by atoms with van der Waals surface area (Å²) in [4.78, 5) is 11.5. The highest BCUT2D eigenvalue weighted by Gasteiger charge is 2.76. The van der Waals surface area contributed by atoms with E-state index in [1.165, 1.54) is 17.4 Å². The van der Waals surface area contributed by atoms with E-state index in [0.29, 0.717) is 17.0 Å². The molecule has 0 atom stereocenters. The lowest BCUT2D eigenvalue weighted by molar-refractivity contribution is -0.343. The number of fused-ring (bicyclic) bond motifs is 3. The molecule has 0 aliphatic heterocycles. The fraction of sp³-hybridized carbons (Fsp3) is 0.160. The first-order chi connectivity index (χ1) is 16.8. The Morgan fingerprint density at radius 3 is 1.67 bits per heavy atom. The van der Waals surface area contributed by atoms with Crippen molar-refractivity contribution >= 4 is 23.0 Å². The first-order valence-corrected chi connectivity index (χ1v) is 10.4. The highest BCUT2D eigenvalue weighted by Crippen LogP contribution is 2.47. The van der Waals surface area contributed by atoms with Crippen LogP contribution in [-0.4, -0.2) is 35.4 Å². The van der Waals surface area contributed by atoms with E-state index in [0.717, 1.165) is 34.4 Å². The van der Waals surface area contributed by atoms with Crippen molar-refractivity contribution in [3.8, 4) is 11.1 Å². The summed E-state index contributed by atoms with van der Waals surface area (Å²) in [6.07, 6.45) is -6.60. The van der Waals surface area contributed by atoms with Crippen molar-refractivity contribution < 1.29 is 35.5 Å². The van der Waals surface area contributed by atoms with E-state index in [1.54, 1.807) is 6.92 Å². The van der Waals surface area contributed by atoms with Crippen molar-refractivity contribution in [2.75, 3.05) is 5.32 Å². The summed E-state index contributed by atoms with van der Waals surface area (Å²) in [5.41, 5.74) is 4.90. The minimum absolute atomic E-state index is 0.399. The Bertz CT molecular complexity index is 1330. The molecule has 0 bridgehead atoms. The summed E-state index contributed by atoms with van der Waals surface area (Å²) in [7, 11) is 0. The molecular formula is C25H16F7N3O. The van der Waals surface area contributed by atoms with Gasteiger partial charge < -0.3 is 5.32 Å². The molecule has 1 aliphatic carbocycles. The molecule has 0 saturated heterocycles. The van der Waals surface area contributed by atoms with E-state index in [1.807, 2.05) is 48.5 Å². The second kappa shape index (κ2) is 8.89. The lowest BCUT2D eigenvalue weighted by Crippen LogP contribution is -2.57. The van der Waals surface area contributed by atoms with Gasteiger partial charge in [0.05, 0.1) is 5.71 Å². The third-order valence-electron chi connectivity index (χ3n) is 5.55. The van der Waals surface area contributed by atoms with Gasteiger partial charge in [0.2, 0.25) is 0 Å². The summed E-state index contributed by atoms with van der Waals surface area (Å²) < 4.78 is 90.0. The number of hydrogen-bond donors (Lipinski definition) is 1. The number of amides is 1. The van der Waals surface area contributed by atoms with Crippen molar-refractivity contribution in [2.24, 2.45) is 10.2 Å². The molecule has 0 aromatic heterocycles. The smallest absolute Gasteiger partial charge is 0.321 e. The molecule has 1 N–H and O–H groups in total. The quantitative estimate of drug-likeness (QED) is 0.182. The van der Waals surface area contributed by atoms with Crippen LogP contribution in [0.2, 0.25) is 0 Å². The number of nitrogens with one attached hydrogen (secondary N) is 1. The molecular weight excluding hydrogens is 491 g/mol. The third kappa shape index (κ3) is 4.25. The fourth-order valence-corrected chi connectivity index (χ4v) is 3.61. The average molecular weight is 507 g/mol. The van der Waals surface area contributed by atoms with Crippen LogP contribution in [-0.2, 0) is 4.79 Å². The zero-order valence-electron chi connectivity index (χ0n) is 18.4. The molecule has 36 heavy (non-hydrogen) atoms. The van der Waals surface area contributed by atoms with Gasteiger partial charge in [-0.3, -0.25) is 4.79 Å². The summed E-state index contributed by atoms with van der Waals surface area (Å²) >= 11 is 0. The Hall–Kier alpha value is -4.02. The zero-order chi connectivity index (χ0) is 26.3. The van der Waals surface area contributed by atoms with Gasteiger partial charge in [-0.15, -0.1) is 5.10 Å². The Kier molecular flexibility index (Phi) is 6.19. The van der Waals surface area contributed by atoms with Crippen LogP contribution >= 0.6 is 0 Å². The number of benzene rings is 3. The van der Waals surface area contributed by atoms with Gasteiger partial charge in [-0.05, 0) is 35.7 Å². The molecule has 3 aromatic carbocycles. The molecule has 1 amide bonds. The normalized spacial score (nSPS) is 13.8. The molecule has 1 aliphatic rings. The minimum Gasteiger partial charge on any atom is -0.321 e. The van der Waals surface area contributed by atoms with E-state index in [9.17, 15) is 35.5 Å². The predicted molar refractivity (Wildman–Crippen MR) is 121 cm³/mol. The molecule has 11 heteroatoms. The third-order valence-corrected chi connectivity index (χ3v) is 5.55. The van der Waals surface area contributed by atoms with Gasteiger partial charge in [0.15, 0.2) is 0 Å². The maximum absolute atomic E-state index is 13.5. The van der Waals surface area contributed by atoms with E-state index in [4.69, 9.17) is 0 Å². The number of hydrogen-bond acceptors (Lipinski definition) is 3. The molecule has 0 fully saturated rings. The maximum atomic E-state index is 13.5. The van der Waals surface area contributed by atoms with Gasteiger partial charge in [-0.25, -0.2) is 0 Å². The second-order valence-electron chi connectivity index (χ2n) is 7.90. The van der Waals surface area contributed by atoms with Crippen molar-refractivity contribution in [2.45, 2.75) is 24.9 Å². The van der Waals surface area contributed by atoms with Gasteiger partial charge in [0.1, 0.15) is 5.71 Å². The van der Waals surface area contributed by atoms with Crippen LogP contribution in [0.25, 0.3) is 11.1 Å². The monoisotopic (exact) mass is 507 g/mol. The number of rotatable bonds is 5. The molecule has 0 spiro atoms. The Morgan fingerprint density at radius 1 is 0.722 bits per heavy atom. The van der Waals surface area contributed by atoms with Crippen molar-refractivity contribution in [3.05, 3.63) is 89.5 Å². The summed E-state index contributed by atoms with van der Waals surface area (Å²) in [6.45, 7) is 1.61.